The van der Waals surface area contributed by atoms with E-state index in [-0.39, 0.29) is 5.91 Å². The zero-order valence-electron chi connectivity index (χ0n) is 13.9. The lowest BCUT2D eigenvalue weighted by atomic mass is 10.3. The number of guanidine groups is 1. The molecule has 0 fully saturated rings. The van der Waals surface area contributed by atoms with Gasteiger partial charge in [-0.15, -0.1) is 0 Å². The number of anilines is 1. The molecule has 0 saturated carbocycles. The second kappa shape index (κ2) is 9.76. The van der Waals surface area contributed by atoms with Crippen LogP contribution in [-0.2, 0) is 4.79 Å². The van der Waals surface area contributed by atoms with Gasteiger partial charge in [-0.3, -0.25) is 9.79 Å². The zero-order chi connectivity index (χ0) is 16.4. The van der Waals surface area contributed by atoms with Gasteiger partial charge >= 0.3 is 0 Å². The average molecular weight is 305 g/mol. The van der Waals surface area contributed by atoms with Gasteiger partial charge in [-0.2, -0.15) is 0 Å². The molecule has 122 valence electrons. The van der Waals surface area contributed by atoms with E-state index < -0.39 is 0 Å². The van der Waals surface area contributed by atoms with Crippen LogP contribution in [0.3, 0.4) is 0 Å². The van der Waals surface area contributed by atoms with Gasteiger partial charge in [-0.05, 0) is 39.3 Å². The van der Waals surface area contributed by atoms with Gasteiger partial charge in [0.2, 0.25) is 5.91 Å². The third-order valence-electron chi connectivity index (χ3n) is 3.10. The lowest BCUT2D eigenvalue weighted by Crippen LogP contribution is -2.42. The molecule has 0 aliphatic heterocycles. The van der Waals surface area contributed by atoms with Crippen LogP contribution in [0.5, 0.6) is 0 Å². The molecule has 22 heavy (non-hydrogen) atoms. The van der Waals surface area contributed by atoms with Crippen LogP contribution < -0.4 is 16.0 Å². The van der Waals surface area contributed by atoms with Crippen molar-refractivity contribution in [3.8, 4) is 0 Å². The van der Waals surface area contributed by atoms with Crippen LogP contribution >= 0.6 is 0 Å². The Balaban J connectivity index is 2.45. The molecular weight excluding hydrogens is 278 g/mol. The largest absolute Gasteiger partial charge is 0.357 e. The van der Waals surface area contributed by atoms with Crippen molar-refractivity contribution >= 4 is 17.7 Å². The first-order valence-corrected chi connectivity index (χ1v) is 7.83. The van der Waals surface area contributed by atoms with E-state index in [0.717, 1.165) is 24.6 Å². The minimum absolute atomic E-state index is 0.0822. The molecule has 1 rings (SSSR count). The first-order valence-electron chi connectivity index (χ1n) is 7.83. The summed E-state index contributed by atoms with van der Waals surface area (Å²) in [6.45, 7) is 9.35. The van der Waals surface area contributed by atoms with Crippen LogP contribution in [0, 0.1) is 6.92 Å². The van der Waals surface area contributed by atoms with Gasteiger partial charge in [-0.1, -0.05) is 13.0 Å². The lowest BCUT2D eigenvalue weighted by molar-refractivity contribution is -0.116. The molecule has 1 heterocycles. The van der Waals surface area contributed by atoms with E-state index in [2.05, 4.69) is 39.8 Å². The van der Waals surface area contributed by atoms with Gasteiger partial charge in [0.25, 0.3) is 0 Å². The number of amides is 1. The van der Waals surface area contributed by atoms with Crippen molar-refractivity contribution in [2.24, 2.45) is 4.99 Å². The maximum absolute atomic E-state index is 11.9. The Hall–Kier alpha value is -2.11. The number of nitrogens with zero attached hydrogens (tertiary/aromatic N) is 2. The monoisotopic (exact) mass is 305 g/mol. The Kier molecular flexibility index (Phi) is 7.96. The SMILES string of the molecule is CCNC(=NCCC(=O)Nc1cccc(C)n1)NC(C)CC. The summed E-state index contributed by atoms with van der Waals surface area (Å²) < 4.78 is 0. The maximum Gasteiger partial charge on any atom is 0.227 e. The molecular formula is C16H27N5O. The normalized spacial score (nSPS) is 12.6. The molecule has 6 heteroatoms. The van der Waals surface area contributed by atoms with E-state index in [1.54, 1.807) is 6.07 Å². The Morgan fingerprint density at radius 3 is 2.77 bits per heavy atom. The van der Waals surface area contributed by atoms with Crippen LogP contribution in [0.15, 0.2) is 23.2 Å². The zero-order valence-corrected chi connectivity index (χ0v) is 13.9. The summed E-state index contributed by atoms with van der Waals surface area (Å²) in [6.07, 6.45) is 1.34. The number of rotatable bonds is 7. The molecule has 0 aliphatic carbocycles. The van der Waals surface area contributed by atoms with Crippen LogP contribution in [0.25, 0.3) is 0 Å². The third-order valence-corrected chi connectivity index (χ3v) is 3.10. The van der Waals surface area contributed by atoms with Crippen LogP contribution in [0.2, 0.25) is 0 Å². The summed E-state index contributed by atoms with van der Waals surface area (Å²) >= 11 is 0. The number of hydrogen-bond acceptors (Lipinski definition) is 3. The number of carbonyl (C=O) groups excluding carboxylic acids is 1. The molecule has 0 saturated heterocycles. The molecule has 1 aromatic heterocycles. The van der Waals surface area contributed by atoms with E-state index >= 15 is 0 Å². The fourth-order valence-corrected chi connectivity index (χ4v) is 1.74. The van der Waals surface area contributed by atoms with E-state index in [0.29, 0.717) is 24.8 Å². The average Bonchev–Trinajstić information content (AvgIpc) is 2.47. The quantitative estimate of drug-likeness (QED) is 0.532. The van der Waals surface area contributed by atoms with Crippen LogP contribution in [0.1, 0.15) is 39.3 Å². The number of aryl methyl sites for hydroxylation is 1. The van der Waals surface area contributed by atoms with Gasteiger partial charge in [0.15, 0.2) is 5.96 Å². The van der Waals surface area contributed by atoms with Crippen molar-refractivity contribution < 1.29 is 4.79 Å². The Bertz CT molecular complexity index is 501. The Morgan fingerprint density at radius 2 is 2.14 bits per heavy atom. The van der Waals surface area contributed by atoms with Crippen molar-refractivity contribution in [3.63, 3.8) is 0 Å². The van der Waals surface area contributed by atoms with Crippen LogP contribution in [-0.4, -0.2) is 36.0 Å². The number of pyridine rings is 1. The Labute approximate surface area is 132 Å². The van der Waals surface area contributed by atoms with Gasteiger partial charge < -0.3 is 16.0 Å². The second-order valence-electron chi connectivity index (χ2n) is 5.18. The van der Waals surface area contributed by atoms with Crippen LogP contribution in [0.4, 0.5) is 5.82 Å². The first kappa shape index (κ1) is 17.9. The number of nitrogens with one attached hydrogen (secondary N) is 3. The van der Waals surface area contributed by atoms with E-state index in [1.165, 1.54) is 0 Å². The predicted octanol–water partition coefficient (Wildman–Crippen LogP) is 2.07. The summed E-state index contributed by atoms with van der Waals surface area (Å²) in [5.74, 6) is 1.25. The molecule has 1 aromatic rings. The summed E-state index contributed by atoms with van der Waals surface area (Å²) in [4.78, 5) is 20.5. The van der Waals surface area contributed by atoms with Crippen molar-refractivity contribution in [1.82, 2.24) is 15.6 Å². The fourth-order valence-electron chi connectivity index (χ4n) is 1.74. The summed E-state index contributed by atoms with van der Waals surface area (Å²) in [7, 11) is 0. The van der Waals surface area contributed by atoms with Gasteiger partial charge in [0, 0.05) is 24.7 Å². The van der Waals surface area contributed by atoms with E-state index in [1.807, 2.05) is 26.0 Å². The third kappa shape index (κ3) is 7.06. The second-order valence-corrected chi connectivity index (χ2v) is 5.18. The van der Waals surface area contributed by atoms with Gasteiger partial charge in [-0.25, -0.2) is 4.98 Å². The molecule has 0 bridgehead atoms. The van der Waals surface area contributed by atoms with Crippen molar-refractivity contribution in [2.75, 3.05) is 18.4 Å². The number of hydrogen-bond donors (Lipinski definition) is 3. The molecule has 1 unspecified atom stereocenters. The van der Waals surface area contributed by atoms with E-state index in [9.17, 15) is 4.79 Å². The highest BCUT2D eigenvalue weighted by Crippen LogP contribution is 2.04. The summed E-state index contributed by atoms with van der Waals surface area (Å²) in [6, 6.07) is 5.89. The fraction of sp³-hybridized carbons (Fsp3) is 0.562. The molecule has 6 nitrogen and oxygen atoms in total. The predicted molar refractivity (Wildman–Crippen MR) is 91.1 cm³/mol. The number of aliphatic imine (C=N–C) groups is 1. The van der Waals surface area contributed by atoms with Crippen molar-refractivity contribution in [1.29, 1.82) is 0 Å². The standard InChI is InChI=1S/C16H27N5O/c1-5-12(3)20-16(17-6-2)18-11-10-15(22)21-14-9-7-8-13(4)19-14/h7-9,12H,5-6,10-11H2,1-4H3,(H2,17,18,20)(H,19,21,22). The minimum atomic E-state index is -0.0822. The minimum Gasteiger partial charge on any atom is -0.357 e. The van der Waals surface area contributed by atoms with Crippen molar-refractivity contribution in [2.45, 2.75) is 46.6 Å². The van der Waals surface area contributed by atoms with Gasteiger partial charge in [0.1, 0.15) is 5.82 Å². The Morgan fingerprint density at radius 1 is 1.36 bits per heavy atom. The number of aromatic nitrogens is 1. The smallest absolute Gasteiger partial charge is 0.227 e. The maximum atomic E-state index is 11.9. The molecule has 0 aromatic carbocycles. The highest BCUT2D eigenvalue weighted by atomic mass is 16.1. The molecule has 1 atom stereocenters. The molecule has 0 aliphatic rings. The highest BCUT2D eigenvalue weighted by Gasteiger charge is 2.05. The summed E-state index contributed by atoms with van der Waals surface area (Å²) in [5, 5.41) is 9.25. The highest BCUT2D eigenvalue weighted by molar-refractivity contribution is 5.90. The topological polar surface area (TPSA) is 78.4 Å². The molecule has 1 amide bonds. The number of carbonyl (C=O) groups is 1. The first-order chi connectivity index (χ1) is 10.5. The van der Waals surface area contributed by atoms with E-state index in [4.69, 9.17) is 0 Å². The molecule has 3 N–H and O–H groups in total. The lowest BCUT2D eigenvalue weighted by Gasteiger charge is -2.16. The van der Waals surface area contributed by atoms with Gasteiger partial charge in [0.05, 0.1) is 6.54 Å². The molecule has 0 spiro atoms. The summed E-state index contributed by atoms with van der Waals surface area (Å²) in [5.41, 5.74) is 0.878. The molecule has 0 radical (unpaired) electrons. The van der Waals surface area contributed by atoms with Crippen molar-refractivity contribution in [3.05, 3.63) is 23.9 Å².